The van der Waals surface area contributed by atoms with Crippen molar-refractivity contribution in [3.05, 3.63) is 52.1 Å². The van der Waals surface area contributed by atoms with E-state index in [1.807, 2.05) is 17.7 Å². The molecule has 3 rings (SSSR count). The first-order valence-corrected chi connectivity index (χ1v) is 6.33. The minimum atomic E-state index is -0.380. The van der Waals surface area contributed by atoms with Crippen LogP contribution in [0, 0.1) is 16.0 Å². The zero-order chi connectivity index (χ0) is 14.1. The molecule has 0 radical (unpaired) electrons. The van der Waals surface area contributed by atoms with E-state index in [9.17, 15) is 10.1 Å². The van der Waals surface area contributed by atoms with Gasteiger partial charge in [-0.1, -0.05) is 12.1 Å². The van der Waals surface area contributed by atoms with Gasteiger partial charge in [-0.15, -0.1) is 10.2 Å². The largest absolute Gasteiger partial charge is 0.381 e. The maximum atomic E-state index is 10.9. The molecule has 0 amide bonds. The zero-order valence-corrected chi connectivity index (χ0v) is 11.0. The van der Waals surface area contributed by atoms with Gasteiger partial charge in [0, 0.05) is 25.1 Å². The smallest absolute Gasteiger partial charge is 0.269 e. The SMILES string of the molecule is Cn1cnnc1[C@H](c1cccc([N+](=O)[O-])c1)C1COC1. The highest BCUT2D eigenvalue weighted by atomic mass is 16.6. The summed E-state index contributed by atoms with van der Waals surface area (Å²) in [5.41, 5.74) is 0.971. The van der Waals surface area contributed by atoms with Crippen molar-refractivity contribution in [3.63, 3.8) is 0 Å². The lowest BCUT2D eigenvalue weighted by Gasteiger charge is -2.33. The van der Waals surface area contributed by atoms with E-state index in [0.717, 1.165) is 11.4 Å². The number of nitro groups is 1. The molecule has 1 aromatic heterocycles. The van der Waals surface area contributed by atoms with E-state index in [1.165, 1.54) is 6.07 Å². The number of aromatic nitrogens is 3. The summed E-state index contributed by atoms with van der Waals surface area (Å²) in [4.78, 5) is 10.5. The summed E-state index contributed by atoms with van der Waals surface area (Å²) in [6.07, 6.45) is 1.64. The molecule has 1 aliphatic rings. The highest BCUT2D eigenvalue weighted by Gasteiger charge is 2.34. The molecule has 0 unspecified atom stereocenters. The van der Waals surface area contributed by atoms with Gasteiger partial charge in [0.2, 0.25) is 0 Å². The Morgan fingerprint density at radius 3 is 2.85 bits per heavy atom. The molecule has 1 aromatic carbocycles. The average molecular weight is 274 g/mol. The Bertz CT molecular complexity index is 636. The molecule has 0 bridgehead atoms. The number of non-ortho nitro benzene ring substituents is 1. The van der Waals surface area contributed by atoms with Crippen molar-refractivity contribution in [2.75, 3.05) is 13.2 Å². The van der Waals surface area contributed by atoms with Crippen LogP contribution in [0.4, 0.5) is 5.69 Å². The number of hydrogen-bond donors (Lipinski definition) is 0. The number of hydrogen-bond acceptors (Lipinski definition) is 5. The molecule has 0 spiro atoms. The van der Waals surface area contributed by atoms with Gasteiger partial charge in [0.1, 0.15) is 12.2 Å². The number of benzene rings is 1. The standard InChI is InChI=1S/C13H14N4O3/c1-16-8-14-15-13(16)12(10-6-20-7-10)9-3-2-4-11(5-9)17(18)19/h2-5,8,10,12H,6-7H2,1H3/t12-/m1/s1. The molecule has 2 heterocycles. The number of aryl methyl sites for hydroxylation is 1. The summed E-state index contributed by atoms with van der Waals surface area (Å²) >= 11 is 0. The van der Waals surface area contributed by atoms with Gasteiger partial charge in [0.05, 0.1) is 24.1 Å². The minimum Gasteiger partial charge on any atom is -0.381 e. The van der Waals surface area contributed by atoms with Crippen molar-refractivity contribution in [1.29, 1.82) is 0 Å². The van der Waals surface area contributed by atoms with E-state index in [0.29, 0.717) is 13.2 Å². The Kier molecular flexibility index (Phi) is 3.19. The lowest BCUT2D eigenvalue weighted by atomic mass is 9.84. The van der Waals surface area contributed by atoms with Crippen LogP contribution in [0.3, 0.4) is 0 Å². The highest BCUT2D eigenvalue weighted by Crippen LogP contribution is 2.36. The molecule has 0 saturated carbocycles. The first kappa shape index (κ1) is 12.7. The average Bonchev–Trinajstić information content (AvgIpc) is 2.79. The predicted molar refractivity (Wildman–Crippen MR) is 70.3 cm³/mol. The summed E-state index contributed by atoms with van der Waals surface area (Å²) in [6, 6.07) is 6.70. The Hall–Kier alpha value is -2.28. The maximum Gasteiger partial charge on any atom is 0.269 e. The summed E-state index contributed by atoms with van der Waals surface area (Å²) in [6.45, 7) is 1.28. The third kappa shape index (κ3) is 2.16. The van der Waals surface area contributed by atoms with Gasteiger partial charge in [0.15, 0.2) is 0 Å². The van der Waals surface area contributed by atoms with Crippen molar-refractivity contribution in [3.8, 4) is 0 Å². The van der Waals surface area contributed by atoms with E-state index >= 15 is 0 Å². The van der Waals surface area contributed by atoms with Gasteiger partial charge < -0.3 is 9.30 Å². The molecule has 7 nitrogen and oxygen atoms in total. The second kappa shape index (κ2) is 5.01. The molecule has 0 aliphatic carbocycles. The first-order valence-electron chi connectivity index (χ1n) is 6.33. The fourth-order valence-electron chi connectivity index (χ4n) is 2.48. The highest BCUT2D eigenvalue weighted by molar-refractivity contribution is 5.38. The molecule has 104 valence electrons. The van der Waals surface area contributed by atoms with Crippen molar-refractivity contribution in [2.45, 2.75) is 5.92 Å². The topological polar surface area (TPSA) is 83.1 Å². The molecule has 1 saturated heterocycles. The number of ether oxygens (including phenoxy) is 1. The molecular formula is C13H14N4O3. The van der Waals surface area contributed by atoms with Crippen LogP contribution < -0.4 is 0 Å². The molecule has 0 N–H and O–H groups in total. The van der Waals surface area contributed by atoms with E-state index in [2.05, 4.69) is 10.2 Å². The molecule has 20 heavy (non-hydrogen) atoms. The van der Waals surface area contributed by atoms with Gasteiger partial charge in [0.25, 0.3) is 5.69 Å². The Balaban J connectivity index is 2.03. The first-order chi connectivity index (χ1) is 9.66. The minimum absolute atomic E-state index is 0.0313. The number of nitro benzene ring substituents is 1. The molecular weight excluding hydrogens is 260 g/mol. The van der Waals surface area contributed by atoms with Crippen molar-refractivity contribution in [2.24, 2.45) is 13.0 Å². The zero-order valence-electron chi connectivity index (χ0n) is 11.0. The monoisotopic (exact) mass is 274 g/mol. The van der Waals surface area contributed by atoms with Crippen LogP contribution in [0.2, 0.25) is 0 Å². The van der Waals surface area contributed by atoms with Crippen LogP contribution in [0.15, 0.2) is 30.6 Å². The number of rotatable bonds is 4. The maximum absolute atomic E-state index is 10.9. The molecule has 1 atom stereocenters. The summed E-state index contributed by atoms with van der Waals surface area (Å²) in [5.74, 6) is 1.05. The van der Waals surface area contributed by atoms with Crippen LogP contribution in [-0.4, -0.2) is 32.9 Å². The third-order valence-electron chi connectivity index (χ3n) is 3.60. The number of nitrogens with zero attached hydrogens (tertiary/aromatic N) is 4. The normalized spacial score (nSPS) is 16.6. The Morgan fingerprint density at radius 2 is 2.30 bits per heavy atom. The Morgan fingerprint density at radius 1 is 1.50 bits per heavy atom. The predicted octanol–water partition coefficient (Wildman–Crippen LogP) is 1.50. The Labute approximate surface area is 115 Å². The lowest BCUT2D eigenvalue weighted by molar-refractivity contribution is -0.384. The van der Waals surface area contributed by atoms with E-state index in [4.69, 9.17) is 4.74 Å². The quantitative estimate of drug-likeness (QED) is 0.623. The van der Waals surface area contributed by atoms with Crippen LogP contribution >= 0.6 is 0 Å². The fourth-order valence-corrected chi connectivity index (χ4v) is 2.48. The van der Waals surface area contributed by atoms with Gasteiger partial charge in [-0.25, -0.2) is 0 Å². The van der Waals surface area contributed by atoms with Gasteiger partial charge >= 0.3 is 0 Å². The van der Waals surface area contributed by atoms with Gasteiger partial charge in [-0.05, 0) is 5.56 Å². The fraction of sp³-hybridized carbons (Fsp3) is 0.385. The van der Waals surface area contributed by atoms with Crippen LogP contribution in [0.25, 0.3) is 0 Å². The van der Waals surface area contributed by atoms with Crippen LogP contribution in [0.1, 0.15) is 17.3 Å². The van der Waals surface area contributed by atoms with E-state index in [1.54, 1.807) is 18.5 Å². The summed E-state index contributed by atoms with van der Waals surface area (Å²) in [7, 11) is 1.87. The summed E-state index contributed by atoms with van der Waals surface area (Å²) in [5, 5.41) is 19.0. The van der Waals surface area contributed by atoms with Crippen LogP contribution in [-0.2, 0) is 11.8 Å². The van der Waals surface area contributed by atoms with Crippen molar-refractivity contribution < 1.29 is 9.66 Å². The summed E-state index contributed by atoms with van der Waals surface area (Å²) < 4.78 is 7.11. The van der Waals surface area contributed by atoms with Crippen molar-refractivity contribution >= 4 is 5.69 Å². The van der Waals surface area contributed by atoms with Gasteiger partial charge in [-0.2, -0.15) is 0 Å². The van der Waals surface area contributed by atoms with Gasteiger partial charge in [-0.3, -0.25) is 10.1 Å². The third-order valence-corrected chi connectivity index (χ3v) is 3.60. The van der Waals surface area contributed by atoms with Crippen molar-refractivity contribution in [1.82, 2.24) is 14.8 Å². The lowest BCUT2D eigenvalue weighted by Crippen LogP contribution is -2.34. The second-order valence-electron chi connectivity index (χ2n) is 4.93. The molecule has 1 aliphatic heterocycles. The molecule has 7 heteroatoms. The van der Waals surface area contributed by atoms with Crippen LogP contribution in [0.5, 0.6) is 0 Å². The molecule has 1 fully saturated rings. The molecule has 2 aromatic rings. The van der Waals surface area contributed by atoms with E-state index in [-0.39, 0.29) is 22.4 Å². The van der Waals surface area contributed by atoms with E-state index < -0.39 is 0 Å². The second-order valence-corrected chi connectivity index (χ2v) is 4.93.